The van der Waals surface area contributed by atoms with E-state index in [4.69, 9.17) is 9.31 Å². The van der Waals surface area contributed by atoms with Crippen molar-refractivity contribution in [1.82, 2.24) is 9.80 Å². The van der Waals surface area contributed by atoms with E-state index in [2.05, 4.69) is 23.6 Å². The molecule has 0 atom stereocenters. The van der Waals surface area contributed by atoms with Gasteiger partial charge in [-0.25, -0.2) is 4.39 Å². The molecule has 0 unspecified atom stereocenters. The van der Waals surface area contributed by atoms with E-state index in [0.717, 1.165) is 38.3 Å². The van der Waals surface area contributed by atoms with Gasteiger partial charge in [-0.05, 0) is 53.2 Å². The number of hydrogen-bond acceptors (Lipinski definition) is 4. The van der Waals surface area contributed by atoms with Gasteiger partial charge in [-0.1, -0.05) is 12.1 Å². The zero-order valence-electron chi connectivity index (χ0n) is 17.0. The lowest BCUT2D eigenvalue weighted by Gasteiger charge is -2.37. The molecule has 4 nitrogen and oxygen atoms in total. The molecule has 2 saturated heterocycles. The SMILES string of the molecule is CC(C)N1CCN(Cc2ccc(B3OC(C)(C)C(C)(C)O3)c(F)c2)CC1. The Kier molecular flexibility index (Phi) is 5.51. The molecule has 0 amide bonds. The Morgan fingerprint density at radius 1 is 1.04 bits per heavy atom. The van der Waals surface area contributed by atoms with Gasteiger partial charge in [0.1, 0.15) is 5.82 Å². The first-order chi connectivity index (χ1) is 12.1. The van der Waals surface area contributed by atoms with E-state index < -0.39 is 18.3 Å². The first kappa shape index (κ1) is 19.8. The molecule has 0 aliphatic carbocycles. The van der Waals surface area contributed by atoms with Crippen LogP contribution in [0.3, 0.4) is 0 Å². The molecule has 26 heavy (non-hydrogen) atoms. The summed E-state index contributed by atoms with van der Waals surface area (Å²) < 4.78 is 26.7. The predicted molar refractivity (Wildman–Crippen MR) is 104 cm³/mol. The van der Waals surface area contributed by atoms with Gasteiger partial charge in [0.15, 0.2) is 0 Å². The number of rotatable bonds is 4. The summed E-state index contributed by atoms with van der Waals surface area (Å²) >= 11 is 0. The molecule has 2 aliphatic heterocycles. The Bertz CT molecular complexity index is 627. The second kappa shape index (κ2) is 7.23. The lowest BCUT2D eigenvalue weighted by Crippen LogP contribution is -2.48. The van der Waals surface area contributed by atoms with Crippen molar-refractivity contribution in [2.24, 2.45) is 0 Å². The van der Waals surface area contributed by atoms with Crippen molar-refractivity contribution in [1.29, 1.82) is 0 Å². The zero-order valence-corrected chi connectivity index (χ0v) is 17.0. The van der Waals surface area contributed by atoms with Gasteiger partial charge < -0.3 is 9.31 Å². The number of nitrogens with zero attached hydrogens (tertiary/aromatic N) is 2. The average Bonchev–Trinajstić information content (AvgIpc) is 2.75. The zero-order chi connectivity index (χ0) is 19.1. The highest BCUT2D eigenvalue weighted by Gasteiger charge is 2.52. The third-order valence-electron chi connectivity index (χ3n) is 6.12. The van der Waals surface area contributed by atoms with Gasteiger partial charge in [0.2, 0.25) is 0 Å². The Labute approximate surface area is 157 Å². The van der Waals surface area contributed by atoms with E-state index in [-0.39, 0.29) is 5.82 Å². The molecule has 0 bridgehead atoms. The standard InChI is InChI=1S/C20H32BFN2O2/c1-15(2)24-11-9-23(10-12-24)14-16-7-8-17(18(22)13-16)21-25-19(3,4)20(5,6)26-21/h7-8,13,15H,9-12,14H2,1-6H3. The summed E-state index contributed by atoms with van der Waals surface area (Å²) in [6.07, 6.45) is 0. The van der Waals surface area contributed by atoms with Gasteiger partial charge in [-0.3, -0.25) is 9.80 Å². The van der Waals surface area contributed by atoms with Gasteiger partial charge in [0.25, 0.3) is 0 Å². The normalized spacial score (nSPS) is 23.8. The Balaban J connectivity index is 1.64. The van der Waals surface area contributed by atoms with Gasteiger partial charge >= 0.3 is 7.12 Å². The summed E-state index contributed by atoms with van der Waals surface area (Å²) in [5.74, 6) is -0.248. The molecule has 1 aromatic carbocycles. The van der Waals surface area contributed by atoms with E-state index in [0.29, 0.717) is 11.5 Å². The first-order valence-corrected chi connectivity index (χ1v) is 9.69. The van der Waals surface area contributed by atoms with Crippen LogP contribution in [-0.2, 0) is 15.9 Å². The summed E-state index contributed by atoms with van der Waals surface area (Å²) in [5, 5.41) is 0. The molecule has 2 fully saturated rings. The molecular formula is C20H32BFN2O2. The molecular weight excluding hydrogens is 330 g/mol. The maximum absolute atomic E-state index is 14.7. The molecule has 2 heterocycles. The van der Waals surface area contributed by atoms with Crippen LogP contribution in [0.5, 0.6) is 0 Å². The van der Waals surface area contributed by atoms with Crippen LogP contribution in [0.2, 0.25) is 0 Å². The largest absolute Gasteiger partial charge is 0.497 e. The molecule has 0 aromatic heterocycles. The lowest BCUT2D eigenvalue weighted by molar-refractivity contribution is 0.00578. The minimum Gasteiger partial charge on any atom is -0.399 e. The molecule has 3 rings (SSSR count). The minimum atomic E-state index is -0.649. The number of benzene rings is 1. The second-order valence-corrected chi connectivity index (χ2v) is 8.85. The topological polar surface area (TPSA) is 24.9 Å². The number of halogens is 1. The Morgan fingerprint density at radius 3 is 2.12 bits per heavy atom. The fraction of sp³-hybridized carbons (Fsp3) is 0.700. The highest BCUT2D eigenvalue weighted by Crippen LogP contribution is 2.36. The van der Waals surface area contributed by atoms with Crippen molar-refractivity contribution >= 4 is 12.6 Å². The molecule has 0 spiro atoms. The number of piperazine rings is 1. The van der Waals surface area contributed by atoms with Crippen LogP contribution in [0, 0.1) is 5.82 Å². The van der Waals surface area contributed by atoms with E-state index in [1.165, 1.54) is 0 Å². The summed E-state index contributed by atoms with van der Waals surface area (Å²) in [7, 11) is -0.649. The van der Waals surface area contributed by atoms with E-state index >= 15 is 0 Å². The fourth-order valence-electron chi connectivity index (χ4n) is 3.53. The van der Waals surface area contributed by atoms with Crippen LogP contribution < -0.4 is 5.46 Å². The van der Waals surface area contributed by atoms with Crippen LogP contribution in [0.15, 0.2) is 18.2 Å². The summed E-state index contributed by atoms with van der Waals surface area (Å²) in [4.78, 5) is 4.88. The number of hydrogen-bond donors (Lipinski definition) is 0. The highest BCUT2D eigenvalue weighted by molar-refractivity contribution is 6.62. The molecule has 0 saturated carbocycles. The minimum absolute atomic E-state index is 0.248. The Morgan fingerprint density at radius 2 is 1.62 bits per heavy atom. The van der Waals surface area contributed by atoms with Crippen molar-refractivity contribution < 1.29 is 13.7 Å². The Hall–Kier alpha value is -0.945. The van der Waals surface area contributed by atoms with E-state index in [1.54, 1.807) is 6.07 Å². The predicted octanol–water partition coefficient (Wildman–Crippen LogP) is 2.65. The average molecular weight is 362 g/mol. The quantitative estimate of drug-likeness (QED) is 0.769. The van der Waals surface area contributed by atoms with Gasteiger partial charge in [0.05, 0.1) is 11.2 Å². The van der Waals surface area contributed by atoms with Crippen LogP contribution in [-0.4, -0.2) is 60.3 Å². The van der Waals surface area contributed by atoms with E-state index in [1.807, 2.05) is 39.8 Å². The van der Waals surface area contributed by atoms with Crippen LogP contribution in [0.4, 0.5) is 4.39 Å². The van der Waals surface area contributed by atoms with Gasteiger partial charge in [0, 0.05) is 44.2 Å². The van der Waals surface area contributed by atoms with Crippen LogP contribution >= 0.6 is 0 Å². The lowest BCUT2D eigenvalue weighted by atomic mass is 9.78. The maximum Gasteiger partial charge on any atom is 0.497 e. The van der Waals surface area contributed by atoms with Crippen molar-refractivity contribution in [3.63, 3.8) is 0 Å². The van der Waals surface area contributed by atoms with Gasteiger partial charge in [-0.15, -0.1) is 0 Å². The molecule has 2 aliphatic rings. The van der Waals surface area contributed by atoms with Crippen molar-refractivity contribution in [3.8, 4) is 0 Å². The molecule has 0 N–H and O–H groups in total. The monoisotopic (exact) mass is 362 g/mol. The summed E-state index contributed by atoms with van der Waals surface area (Å²) in [6.45, 7) is 17.4. The molecule has 6 heteroatoms. The maximum atomic E-state index is 14.7. The molecule has 1 aromatic rings. The third-order valence-corrected chi connectivity index (χ3v) is 6.12. The van der Waals surface area contributed by atoms with Gasteiger partial charge in [-0.2, -0.15) is 0 Å². The summed E-state index contributed by atoms with van der Waals surface area (Å²) in [6, 6.07) is 6.04. The van der Waals surface area contributed by atoms with Crippen LogP contribution in [0.25, 0.3) is 0 Å². The molecule has 0 radical (unpaired) electrons. The van der Waals surface area contributed by atoms with Crippen molar-refractivity contribution in [3.05, 3.63) is 29.6 Å². The van der Waals surface area contributed by atoms with Crippen molar-refractivity contribution in [2.45, 2.75) is 65.3 Å². The molecule has 144 valence electrons. The van der Waals surface area contributed by atoms with E-state index in [9.17, 15) is 4.39 Å². The fourth-order valence-corrected chi connectivity index (χ4v) is 3.53. The van der Waals surface area contributed by atoms with Crippen LogP contribution in [0.1, 0.15) is 47.1 Å². The third kappa shape index (κ3) is 3.98. The second-order valence-electron chi connectivity index (χ2n) is 8.85. The van der Waals surface area contributed by atoms with Crippen molar-refractivity contribution in [2.75, 3.05) is 26.2 Å². The first-order valence-electron chi connectivity index (χ1n) is 9.69. The smallest absolute Gasteiger partial charge is 0.399 e. The highest BCUT2D eigenvalue weighted by atomic mass is 19.1. The summed E-state index contributed by atoms with van der Waals surface area (Å²) in [5.41, 5.74) is 0.565.